The Labute approximate surface area is 180 Å². The van der Waals surface area contributed by atoms with Crippen LogP contribution in [0.1, 0.15) is 22.9 Å². The Morgan fingerprint density at radius 1 is 1.00 bits per heavy atom. The molecule has 0 aliphatic rings. The van der Waals surface area contributed by atoms with Crippen molar-refractivity contribution in [3.63, 3.8) is 0 Å². The minimum atomic E-state index is 0.612. The van der Waals surface area contributed by atoms with Gasteiger partial charge in [-0.1, -0.05) is 42.1 Å². The molecule has 2 aromatic heterocycles. The van der Waals surface area contributed by atoms with Crippen LogP contribution in [-0.4, -0.2) is 26.9 Å². The van der Waals surface area contributed by atoms with Crippen LogP contribution in [-0.2, 0) is 18.7 Å². The second-order valence-electron chi connectivity index (χ2n) is 6.96. The average molecular weight is 421 g/mol. The van der Waals surface area contributed by atoms with Crippen molar-refractivity contribution in [2.75, 3.05) is 7.11 Å². The molecule has 0 N–H and O–H groups in total. The summed E-state index contributed by atoms with van der Waals surface area (Å²) in [6, 6.07) is 18.4. The summed E-state index contributed by atoms with van der Waals surface area (Å²) < 4.78 is 13.2. The molecule has 0 bridgehead atoms. The van der Waals surface area contributed by atoms with Gasteiger partial charge >= 0.3 is 0 Å². The van der Waals surface area contributed by atoms with E-state index in [0.29, 0.717) is 11.6 Å². The number of hydrogen-bond donors (Lipinski definition) is 0. The zero-order valence-electron chi connectivity index (χ0n) is 17.3. The molecule has 4 rings (SSSR count). The van der Waals surface area contributed by atoms with Crippen LogP contribution >= 0.6 is 11.8 Å². The highest BCUT2D eigenvalue weighted by Gasteiger charge is 2.16. The molecule has 154 valence electrons. The number of nitrogens with zero attached hydrogens (tertiary/aromatic N) is 4. The molecule has 0 aliphatic heterocycles. The number of benzene rings is 2. The maximum atomic E-state index is 5.72. The van der Waals surface area contributed by atoms with E-state index in [9.17, 15) is 0 Å². The van der Waals surface area contributed by atoms with Gasteiger partial charge in [-0.3, -0.25) is 0 Å². The van der Waals surface area contributed by atoms with E-state index >= 15 is 0 Å². The maximum absolute atomic E-state index is 5.72. The Balaban J connectivity index is 1.59. The van der Waals surface area contributed by atoms with E-state index in [4.69, 9.17) is 9.15 Å². The molecule has 0 spiro atoms. The van der Waals surface area contributed by atoms with Crippen LogP contribution in [0.25, 0.3) is 11.4 Å². The zero-order valence-corrected chi connectivity index (χ0v) is 18.1. The SMILES string of the molecule is COc1ccc(-c2nnc(SCc3nc(C)c(C)o3)n2CCc2ccccc2)cc1. The summed E-state index contributed by atoms with van der Waals surface area (Å²) in [5.74, 6) is 3.84. The molecule has 4 aromatic rings. The van der Waals surface area contributed by atoms with E-state index in [1.165, 1.54) is 5.56 Å². The van der Waals surface area contributed by atoms with Crippen LogP contribution in [0.5, 0.6) is 5.75 Å². The monoisotopic (exact) mass is 420 g/mol. The Hall–Kier alpha value is -3.06. The first-order valence-electron chi connectivity index (χ1n) is 9.81. The Bertz CT molecular complexity index is 1080. The fourth-order valence-corrected chi connectivity index (χ4v) is 3.97. The molecule has 2 aromatic carbocycles. The van der Waals surface area contributed by atoms with E-state index in [0.717, 1.165) is 46.7 Å². The lowest BCUT2D eigenvalue weighted by Crippen LogP contribution is -2.05. The van der Waals surface area contributed by atoms with Crippen LogP contribution in [0, 0.1) is 13.8 Å². The highest BCUT2D eigenvalue weighted by molar-refractivity contribution is 7.98. The number of aromatic nitrogens is 4. The van der Waals surface area contributed by atoms with Crippen LogP contribution in [0.15, 0.2) is 64.2 Å². The van der Waals surface area contributed by atoms with Gasteiger partial charge in [-0.15, -0.1) is 10.2 Å². The van der Waals surface area contributed by atoms with Gasteiger partial charge < -0.3 is 13.7 Å². The van der Waals surface area contributed by atoms with Crippen molar-refractivity contribution in [1.82, 2.24) is 19.7 Å². The first-order chi connectivity index (χ1) is 14.6. The smallest absolute Gasteiger partial charge is 0.205 e. The topological polar surface area (TPSA) is 66.0 Å². The minimum absolute atomic E-state index is 0.612. The van der Waals surface area contributed by atoms with Gasteiger partial charge in [0.25, 0.3) is 0 Å². The fourth-order valence-electron chi connectivity index (χ4n) is 3.16. The highest BCUT2D eigenvalue weighted by Crippen LogP contribution is 2.28. The van der Waals surface area contributed by atoms with Crippen molar-refractivity contribution in [2.45, 2.75) is 37.7 Å². The van der Waals surface area contributed by atoms with Gasteiger partial charge in [0.2, 0.25) is 5.89 Å². The van der Waals surface area contributed by atoms with Gasteiger partial charge in [0.15, 0.2) is 11.0 Å². The van der Waals surface area contributed by atoms with E-state index in [-0.39, 0.29) is 0 Å². The number of aryl methyl sites for hydroxylation is 3. The third-order valence-electron chi connectivity index (χ3n) is 4.93. The zero-order chi connectivity index (χ0) is 20.9. The van der Waals surface area contributed by atoms with Crippen molar-refractivity contribution in [1.29, 1.82) is 0 Å². The Kier molecular flexibility index (Phi) is 6.18. The number of oxazole rings is 1. The van der Waals surface area contributed by atoms with Gasteiger partial charge in [-0.25, -0.2) is 4.98 Å². The fraction of sp³-hybridized carbons (Fsp3) is 0.261. The van der Waals surface area contributed by atoms with Crippen LogP contribution < -0.4 is 4.74 Å². The summed E-state index contributed by atoms with van der Waals surface area (Å²) in [6.45, 7) is 4.67. The number of rotatable bonds is 8. The number of ether oxygens (including phenoxy) is 1. The molecular formula is C23H24N4O2S. The van der Waals surface area contributed by atoms with E-state index < -0.39 is 0 Å². The Morgan fingerprint density at radius 2 is 1.77 bits per heavy atom. The maximum Gasteiger partial charge on any atom is 0.205 e. The number of hydrogen-bond acceptors (Lipinski definition) is 6. The van der Waals surface area contributed by atoms with Crippen molar-refractivity contribution in [3.8, 4) is 17.1 Å². The minimum Gasteiger partial charge on any atom is -0.497 e. The molecule has 0 saturated heterocycles. The third kappa shape index (κ3) is 4.57. The molecule has 6 nitrogen and oxygen atoms in total. The second-order valence-corrected chi connectivity index (χ2v) is 7.90. The first kappa shape index (κ1) is 20.2. The molecule has 0 saturated carbocycles. The van der Waals surface area contributed by atoms with Crippen molar-refractivity contribution in [2.24, 2.45) is 0 Å². The van der Waals surface area contributed by atoms with Crippen molar-refractivity contribution in [3.05, 3.63) is 77.5 Å². The molecule has 0 fully saturated rings. The van der Waals surface area contributed by atoms with Gasteiger partial charge in [0.05, 0.1) is 18.6 Å². The Morgan fingerprint density at radius 3 is 2.43 bits per heavy atom. The summed E-state index contributed by atoms with van der Waals surface area (Å²) in [4.78, 5) is 4.47. The standard InChI is InChI=1S/C23H24N4O2S/c1-16-17(2)29-21(24-16)15-30-23-26-25-22(19-9-11-20(28-3)12-10-19)27(23)14-13-18-7-5-4-6-8-18/h4-12H,13-15H2,1-3H3. The summed E-state index contributed by atoms with van der Waals surface area (Å²) in [5, 5.41) is 9.81. The quantitative estimate of drug-likeness (QED) is 0.370. The van der Waals surface area contributed by atoms with Gasteiger partial charge in [0.1, 0.15) is 11.5 Å². The summed E-state index contributed by atoms with van der Waals surface area (Å²) >= 11 is 1.59. The molecule has 0 amide bonds. The predicted molar refractivity (Wildman–Crippen MR) is 118 cm³/mol. The molecular weight excluding hydrogens is 396 g/mol. The number of thioether (sulfide) groups is 1. The van der Waals surface area contributed by atoms with Crippen molar-refractivity contribution >= 4 is 11.8 Å². The summed E-state index contributed by atoms with van der Waals surface area (Å²) in [5.41, 5.74) is 3.21. The lowest BCUT2D eigenvalue weighted by molar-refractivity contribution is 0.415. The molecule has 0 radical (unpaired) electrons. The third-order valence-corrected chi connectivity index (χ3v) is 5.88. The lowest BCUT2D eigenvalue weighted by atomic mass is 10.1. The average Bonchev–Trinajstić information content (AvgIpc) is 3.33. The summed E-state index contributed by atoms with van der Waals surface area (Å²) in [6.07, 6.45) is 0.896. The molecule has 2 heterocycles. The lowest BCUT2D eigenvalue weighted by Gasteiger charge is -2.10. The van der Waals surface area contributed by atoms with Gasteiger partial charge in [-0.2, -0.15) is 0 Å². The van der Waals surface area contributed by atoms with E-state index in [2.05, 4.69) is 44.0 Å². The van der Waals surface area contributed by atoms with Crippen LogP contribution in [0.4, 0.5) is 0 Å². The molecule has 0 aliphatic carbocycles. The van der Waals surface area contributed by atoms with Crippen molar-refractivity contribution < 1.29 is 9.15 Å². The predicted octanol–water partition coefficient (Wildman–Crippen LogP) is 5.09. The van der Waals surface area contributed by atoms with Crippen LogP contribution in [0.2, 0.25) is 0 Å². The number of methoxy groups -OCH3 is 1. The molecule has 30 heavy (non-hydrogen) atoms. The molecule has 0 atom stereocenters. The molecule has 0 unspecified atom stereocenters. The largest absolute Gasteiger partial charge is 0.497 e. The van der Waals surface area contributed by atoms with Gasteiger partial charge in [0, 0.05) is 12.1 Å². The second kappa shape index (κ2) is 9.17. The normalized spacial score (nSPS) is 11.0. The highest BCUT2D eigenvalue weighted by atomic mass is 32.2. The van der Waals surface area contributed by atoms with E-state index in [1.54, 1.807) is 18.9 Å². The summed E-state index contributed by atoms with van der Waals surface area (Å²) in [7, 11) is 1.66. The first-order valence-corrected chi connectivity index (χ1v) is 10.8. The van der Waals surface area contributed by atoms with E-state index in [1.807, 2.05) is 44.2 Å². The molecule has 7 heteroatoms. The van der Waals surface area contributed by atoms with Crippen LogP contribution in [0.3, 0.4) is 0 Å². The van der Waals surface area contributed by atoms with Gasteiger partial charge in [-0.05, 0) is 50.1 Å².